The maximum Gasteiger partial charge on any atom is 0.241 e. The Hall–Kier alpha value is -1.39. The van der Waals surface area contributed by atoms with E-state index in [0.717, 1.165) is 31.7 Å². The van der Waals surface area contributed by atoms with Gasteiger partial charge in [-0.15, -0.1) is 0 Å². The lowest BCUT2D eigenvalue weighted by Gasteiger charge is -2.29. The number of rotatable bonds is 11. The largest absolute Gasteiger partial charge is 0.381 e. The first-order chi connectivity index (χ1) is 11.1. The van der Waals surface area contributed by atoms with Gasteiger partial charge >= 0.3 is 0 Å². The summed E-state index contributed by atoms with van der Waals surface area (Å²) < 4.78 is 5.55. The maximum atomic E-state index is 12.7. The monoisotopic (exact) mass is 320 g/mol. The van der Waals surface area contributed by atoms with Crippen LogP contribution in [0.2, 0.25) is 0 Å². The molecule has 0 radical (unpaired) electrons. The average Bonchev–Trinajstić information content (AvgIpc) is 2.56. The van der Waals surface area contributed by atoms with Crippen molar-refractivity contribution in [2.75, 3.05) is 32.8 Å². The molecule has 0 aliphatic carbocycles. The number of amides is 1. The van der Waals surface area contributed by atoms with Gasteiger partial charge in [-0.3, -0.25) is 9.69 Å². The van der Waals surface area contributed by atoms with Crippen LogP contribution in [0.3, 0.4) is 0 Å². The smallest absolute Gasteiger partial charge is 0.241 e. The van der Waals surface area contributed by atoms with Gasteiger partial charge in [-0.2, -0.15) is 0 Å². The summed E-state index contributed by atoms with van der Waals surface area (Å²) in [5.41, 5.74) is 1.05. The molecule has 0 spiro atoms. The number of ether oxygens (including phenoxy) is 1. The molecular weight excluding hydrogens is 288 g/mol. The van der Waals surface area contributed by atoms with Gasteiger partial charge in [0.1, 0.15) is 6.04 Å². The number of hydrogen-bond acceptors (Lipinski definition) is 3. The zero-order valence-electron chi connectivity index (χ0n) is 15.0. The molecule has 0 aliphatic rings. The van der Waals surface area contributed by atoms with Crippen molar-refractivity contribution in [3.8, 4) is 0 Å². The molecule has 1 aromatic rings. The highest BCUT2D eigenvalue weighted by atomic mass is 16.5. The van der Waals surface area contributed by atoms with E-state index in [4.69, 9.17) is 4.74 Å². The van der Waals surface area contributed by atoms with Crippen LogP contribution in [0.1, 0.15) is 45.7 Å². The fraction of sp³-hybridized carbons (Fsp3) is 0.632. The maximum absolute atomic E-state index is 12.7. The van der Waals surface area contributed by atoms with Crippen molar-refractivity contribution in [1.82, 2.24) is 10.2 Å². The minimum atomic E-state index is -0.220. The van der Waals surface area contributed by atoms with E-state index in [1.165, 1.54) is 0 Å². The molecule has 1 N–H and O–H groups in total. The standard InChI is InChI=1S/C19H32N2O2/c1-5-21(6-2)18(17-11-8-7-9-12-17)19(22)20-13-10-14-23-15-16(3)4/h7-9,11-12,16,18H,5-6,10,13-15H2,1-4H3,(H,20,22). The third-order valence-corrected chi connectivity index (χ3v) is 3.76. The van der Waals surface area contributed by atoms with Gasteiger partial charge in [-0.05, 0) is 31.0 Å². The van der Waals surface area contributed by atoms with Crippen molar-refractivity contribution in [2.45, 2.75) is 40.2 Å². The van der Waals surface area contributed by atoms with Gasteiger partial charge in [-0.25, -0.2) is 0 Å². The lowest BCUT2D eigenvalue weighted by molar-refractivity contribution is -0.126. The van der Waals surface area contributed by atoms with Gasteiger partial charge in [-0.1, -0.05) is 58.0 Å². The fourth-order valence-electron chi connectivity index (χ4n) is 2.55. The van der Waals surface area contributed by atoms with E-state index < -0.39 is 0 Å². The van der Waals surface area contributed by atoms with Crippen molar-refractivity contribution < 1.29 is 9.53 Å². The zero-order valence-corrected chi connectivity index (χ0v) is 15.0. The van der Waals surface area contributed by atoms with E-state index in [0.29, 0.717) is 19.1 Å². The molecule has 130 valence electrons. The lowest BCUT2D eigenvalue weighted by Crippen LogP contribution is -2.41. The number of carbonyl (C=O) groups excluding carboxylic acids is 1. The normalized spacial score (nSPS) is 12.6. The van der Waals surface area contributed by atoms with Crippen LogP contribution in [-0.4, -0.2) is 43.7 Å². The van der Waals surface area contributed by atoms with Crippen LogP contribution >= 0.6 is 0 Å². The van der Waals surface area contributed by atoms with E-state index in [-0.39, 0.29) is 11.9 Å². The Bertz CT molecular complexity index is 430. The van der Waals surface area contributed by atoms with Gasteiger partial charge in [0.25, 0.3) is 0 Å². The first-order valence-electron chi connectivity index (χ1n) is 8.74. The molecule has 0 saturated heterocycles. The van der Waals surface area contributed by atoms with Gasteiger partial charge < -0.3 is 10.1 Å². The Morgan fingerprint density at radius 1 is 1.17 bits per heavy atom. The van der Waals surface area contributed by atoms with Crippen LogP contribution in [0, 0.1) is 5.92 Å². The third kappa shape index (κ3) is 7.14. The number of likely N-dealkylation sites (N-methyl/N-ethyl adjacent to an activating group) is 1. The second-order valence-electron chi connectivity index (χ2n) is 6.15. The molecule has 1 aromatic carbocycles. The minimum Gasteiger partial charge on any atom is -0.381 e. The first kappa shape index (κ1) is 19.7. The van der Waals surface area contributed by atoms with E-state index in [1.54, 1.807) is 0 Å². The average molecular weight is 320 g/mol. The van der Waals surface area contributed by atoms with Gasteiger partial charge in [0.2, 0.25) is 5.91 Å². The van der Waals surface area contributed by atoms with Crippen molar-refractivity contribution in [3.05, 3.63) is 35.9 Å². The highest BCUT2D eigenvalue weighted by Crippen LogP contribution is 2.20. The second kappa shape index (κ2) is 11.2. The summed E-state index contributed by atoms with van der Waals surface area (Å²) in [6, 6.07) is 9.77. The molecule has 1 atom stereocenters. The van der Waals surface area contributed by atoms with E-state index in [1.807, 2.05) is 30.3 Å². The topological polar surface area (TPSA) is 41.6 Å². The third-order valence-electron chi connectivity index (χ3n) is 3.76. The second-order valence-corrected chi connectivity index (χ2v) is 6.15. The Morgan fingerprint density at radius 3 is 2.39 bits per heavy atom. The summed E-state index contributed by atoms with van der Waals surface area (Å²) in [7, 11) is 0. The molecular formula is C19H32N2O2. The molecule has 0 bridgehead atoms. The molecule has 0 fully saturated rings. The molecule has 4 heteroatoms. The van der Waals surface area contributed by atoms with E-state index in [9.17, 15) is 4.79 Å². The van der Waals surface area contributed by atoms with Crippen molar-refractivity contribution in [2.24, 2.45) is 5.92 Å². The van der Waals surface area contributed by atoms with Gasteiger partial charge in [0, 0.05) is 19.8 Å². The van der Waals surface area contributed by atoms with Gasteiger partial charge in [0.05, 0.1) is 0 Å². The molecule has 1 rings (SSSR count). The minimum absolute atomic E-state index is 0.0729. The van der Waals surface area contributed by atoms with Gasteiger partial charge in [0.15, 0.2) is 0 Å². The number of carbonyl (C=O) groups is 1. The van der Waals surface area contributed by atoms with Crippen molar-refractivity contribution >= 4 is 5.91 Å². The summed E-state index contributed by atoms with van der Waals surface area (Å²) in [4.78, 5) is 14.8. The number of hydrogen-bond donors (Lipinski definition) is 1. The van der Waals surface area contributed by atoms with Crippen molar-refractivity contribution in [1.29, 1.82) is 0 Å². The zero-order chi connectivity index (χ0) is 17.1. The van der Waals surface area contributed by atoms with Crippen LogP contribution in [0.25, 0.3) is 0 Å². The van der Waals surface area contributed by atoms with Crippen LogP contribution in [-0.2, 0) is 9.53 Å². The van der Waals surface area contributed by atoms with E-state index in [2.05, 4.69) is 37.9 Å². The van der Waals surface area contributed by atoms with Crippen LogP contribution in [0.15, 0.2) is 30.3 Å². The Labute approximate surface area is 141 Å². The Kier molecular flexibility index (Phi) is 9.57. The number of benzene rings is 1. The molecule has 1 amide bonds. The molecule has 0 saturated carbocycles. The number of nitrogens with zero attached hydrogens (tertiary/aromatic N) is 1. The predicted molar refractivity (Wildman–Crippen MR) is 95.4 cm³/mol. The highest BCUT2D eigenvalue weighted by Gasteiger charge is 2.25. The summed E-state index contributed by atoms with van der Waals surface area (Å²) >= 11 is 0. The summed E-state index contributed by atoms with van der Waals surface area (Å²) in [6.45, 7) is 12.3. The Morgan fingerprint density at radius 2 is 1.83 bits per heavy atom. The van der Waals surface area contributed by atoms with Crippen molar-refractivity contribution in [3.63, 3.8) is 0 Å². The van der Waals surface area contributed by atoms with E-state index >= 15 is 0 Å². The molecule has 4 nitrogen and oxygen atoms in total. The Balaban J connectivity index is 2.53. The quantitative estimate of drug-likeness (QED) is 0.636. The van der Waals surface area contributed by atoms with Crippen LogP contribution in [0.5, 0.6) is 0 Å². The summed E-state index contributed by atoms with van der Waals surface area (Å²) in [5.74, 6) is 0.624. The SMILES string of the molecule is CCN(CC)C(C(=O)NCCCOCC(C)C)c1ccccc1. The first-order valence-corrected chi connectivity index (χ1v) is 8.74. The molecule has 0 aliphatic heterocycles. The fourth-order valence-corrected chi connectivity index (χ4v) is 2.55. The van der Waals surface area contributed by atoms with Crippen LogP contribution < -0.4 is 5.32 Å². The molecule has 0 aromatic heterocycles. The summed E-state index contributed by atoms with van der Waals surface area (Å²) in [6.07, 6.45) is 0.845. The molecule has 23 heavy (non-hydrogen) atoms. The number of nitrogens with one attached hydrogen (secondary N) is 1. The predicted octanol–water partition coefficient (Wildman–Crippen LogP) is 3.25. The summed E-state index contributed by atoms with van der Waals surface area (Å²) in [5, 5.41) is 3.06. The highest BCUT2D eigenvalue weighted by molar-refractivity contribution is 5.83. The molecule has 1 unspecified atom stereocenters. The lowest BCUT2D eigenvalue weighted by atomic mass is 10.0. The van der Waals surface area contributed by atoms with Crippen LogP contribution in [0.4, 0.5) is 0 Å². The molecule has 0 heterocycles.